The van der Waals surface area contributed by atoms with Crippen LogP contribution in [0, 0.1) is 27.7 Å². The van der Waals surface area contributed by atoms with Crippen molar-refractivity contribution in [3.63, 3.8) is 0 Å². The van der Waals surface area contributed by atoms with Crippen molar-refractivity contribution < 1.29 is 0 Å². The van der Waals surface area contributed by atoms with Gasteiger partial charge in [-0.3, -0.25) is 0 Å². The molecule has 0 fully saturated rings. The molecule has 0 saturated heterocycles. The Hall–Kier alpha value is -9.12. The molecule has 442 valence electrons. The lowest BCUT2D eigenvalue weighted by molar-refractivity contribution is 0.590. The molecule has 0 saturated carbocycles. The summed E-state index contributed by atoms with van der Waals surface area (Å²) in [5.74, 6) is 0. The summed E-state index contributed by atoms with van der Waals surface area (Å²) in [6, 6.07) is 87.6. The van der Waals surface area contributed by atoms with Gasteiger partial charge in [-0.05, 0) is 179 Å². The predicted molar refractivity (Wildman–Crippen MR) is 383 cm³/mol. The number of hydrogen-bond donors (Lipinski definition) is 0. The summed E-state index contributed by atoms with van der Waals surface area (Å²) in [7, 11) is 0. The molecule has 0 bridgehead atoms. The fourth-order valence-corrected chi connectivity index (χ4v) is 13.0. The van der Waals surface area contributed by atoms with E-state index in [9.17, 15) is 0 Å². The Labute approximate surface area is 524 Å². The second kappa shape index (κ2) is 22.5. The molecule has 0 aliphatic rings. The first kappa shape index (κ1) is 59.2. The summed E-state index contributed by atoms with van der Waals surface area (Å²) in [5.41, 5.74) is 23.0. The molecule has 0 heterocycles. The quantitative estimate of drug-likeness (QED) is 0.113. The largest absolute Gasteiger partial charge is 0.310 e. The van der Waals surface area contributed by atoms with Crippen LogP contribution in [0.2, 0.25) is 0 Å². The number of nitrogens with zero attached hydrogens (tertiary/aromatic N) is 4. The van der Waals surface area contributed by atoms with Gasteiger partial charge >= 0.3 is 0 Å². The maximum atomic E-state index is 2.53. The van der Waals surface area contributed by atoms with Gasteiger partial charge in [0.05, 0.1) is 22.7 Å². The van der Waals surface area contributed by atoms with E-state index in [0.717, 1.165) is 89.8 Å². The topological polar surface area (TPSA) is 13.0 Å². The van der Waals surface area contributed by atoms with Crippen molar-refractivity contribution in [1.82, 2.24) is 0 Å². The van der Waals surface area contributed by atoms with Crippen LogP contribution in [0.4, 0.5) is 68.2 Å². The lowest BCUT2D eigenvalue weighted by Gasteiger charge is -2.35. The molecule has 0 aromatic heterocycles. The zero-order chi connectivity index (χ0) is 62.2. The standard InChI is InChI=1S/C84H86N4/c1-55-25-17-21-29-71(55)85(63-41-33-59(34-42-63)81(5,6)7)75-53-76(86(72-30-22-18-26-56(72)2)64-43-35-60(36-44-64)82(8,9)10)68-51-52-70-78(88(74-32-24-20-28-58(74)4)66-47-39-62(40-48-66)84(14,15)16)54-77(69-50-49-67(75)79(68)80(69)70)87(73-31-23-19-27-57(73)3)65-45-37-61(38-46-65)83(11,12)13/h17-54H,1-16H3. The molecule has 0 aliphatic carbocycles. The Kier molecular flexibility index (Phi) is 15.2. The predicted octanol–water partition coefficient (Wildman–Crippen LogP) is 24.9. The molecule has 88 heavy (non-hydrogen) atoms. The van der Waals surface area contributed by atoms with Gasteiger partial charge in [0.1, 0.15) is 0 Å². The van der Waals surface area contributed by atoms with Gasteiger partial charge in [-0.1, -0.05) is 229 Å². The van der Waals surface area contributed by atoms with Gasteiger partial charge in [0, 0.05) is 77.8 Å². The third kappa shape index (κ3) is 11.0. The lowest BCUT2D eigenvalue weighted by Crippen LogP contribution is -2.18. The zero-order valence-corrected chi connectivity index (χ0v) is 54.7. The minimum absolute atomic E-state index is 0.0280. The minimum Gasteiger partial charge on any atom is -0.310 e. The molecular formula is C84H86N4. The first-order valence-electron chi connectivity index (χ1n) is 31.5. The molecule has 0 radical (unpaired) electrons. The fourth-order valence-electron chi connectivity index (χ4n) is 13.0. The molecule has 12 aromatic rings. The van der Waals surface area contributed by atoms with Crippen molar-refractivity contribution in [2.24, 2.45) is 0 Å². The van der Waals surface area contributed by atoms with Crippen LogP contribution >= 0.6 is 0 Å². The van der Waals surface area contributed by atoms with Crippen molar-refractivity contribution in [3.05, 3.63) is 275 Å². The van der Waals surface area contributed by atoms with E-state index in [0.29, 0.717) is 0 Å². The summed E-state index contributed by atoms with van der Waals surface area (Å²) in [4.78, 5) is 10.1. The molecule has 0 spiro atoms. The summed E-state index contributed by atoms with van der Waals surface area (Å²) in [5, 5.41) is 7.02. The first-order chi connectivity index (χ1) is 41.9. The third-order valence-corrected chi connectivity index (χ3v) is 18.2. The smallest absolute Gasteiger partial charge is 0.0561 e. The highest BCUT2D eigenvalue weighted by molar-refractivity contribution is 6.33. The Bertz CT molecular complexity index is 3930. The molecule has 0 amide bonds. The Balaban J connectivity index is 1.30. The maximum Gasteiger partial charge on any atom is 0.0561 e. The van der Waals surface area contributed by atoms with E-state index in [4.69, 9.17) is 0 Å². The van der Waals surface area contributed by atoms with Crippen LogP contribution in [0.1, 0.15) is 128 Å². The molecular weight excluding hydrogens is 1060 g/mol. The summed E-state index contributed by atoms with van der Waals surface area (Å²) in [6.45, 7) is 36.6. The van der Waals surface area contributed by atoms with Crippen molar-refractivity contribution in [3.8, 4) is 0 Å². The average molecular weight is 1150 g/mol. The maximum absolute atomic E-state index is 2.53. The van der Waals surface area contributed by atoms with Gasteiger partial charge in [-0.15, -0.1) is 0 Å². The van der Waals surface area contributed by atoms with Gasteiger partial charge in [-0.2, -0.15) is 0 Å². The second-order valence-corrected chi connectivity index (χ2v) is 28.6. The molecule has 0 N–H and O–H groups in total. The highest BCUT2D eigenvalue weighted by atomic mass is 15.2. The van der Waals surface area contributed by atoms with Gasteiger partial charge < -0.3 is 19.6 Å². The molecule has 0 unspecified atom stereocenters. The summed E-state index contributed by atoms with van der Waals surface area (Å²) in [6.07, 6.45) is 0. The molecule has 0 atom stereocenters. The van der Waals surface area contributed by atoms with Gasteiger partial charge in [0.2, 0.25) is 0 Å². The summed E-state index contributed by atoms with van der Waals surface area (Å²) >= 11 is 0. The van der Waals surface area contributed by atoms with Gasteiger partial charge in [0.25, 0.3) is 0 Å². The SMILES string of the molecule is Cc1ccccc1N(c1ccc(C(C)(C)C)cc1)c1cc(N(c2ccc(C(C)(C)C)cc2)c2ccccc2C)c2ccc3c(N(c4ccc(C(C)(C)C)cc4)c4ccccc4C)cc(N(c4ccc(C(C)(C)C)cc4)c4ccccc4C)c4ccc1c2c43. The molecule has 12 rings (SSSR count). The highest BCUT2D eigenvalue weighted by Gasteiger charge is 2.31. The highest BCUT2D eigenvalue weighted by Crippen LogP contribution is 2.56. The fraction of sp³-hybridized carbons (Fsp3) is 0.238. The van der Waals surface area contributed by atoms with E-state index in [2.05, 4.69) is 361 Å². The van der Waals surface area contributed by atoms with Crippen molar-refractivity contribution >= 4 is 101 Å². The monoisotopic (exact) mass is 1150 g/mol. The number of benzene rings is 12. The van der Waals surface area contributed by atoms with Crippen LogP contribution in [-0.4, -0.2) is 0 Å². The van der Waals surface area contributed by atoms with E-state index < -0.39 is 0 Å². The second-order valence-electron chi connectivity index (χ2n) is 28.6. The van der Waals surface area contributed by atoms with Crippen LogP contribution in [-0.2, 0) is 21.7 Å². The number of aryl methyl sites for hydroxylation is 4. The lowest BCUT2D eigenvalue weighted by atomic mass is 9.86. The minimum atomic E-state index is -0.0280. The summed E-state index contributed by atoms with van der Waals surface area (Å²) < 4.78 is 0. The number of para-hydroxylation sites is 4. The van der Waals surface area contributed by atoms with Crippen molar-refractivity contribution in [2.75, 3.05) is 19.6 Å². The van der Waals surface area contributed by atoms with E-state index in [1.807, 2.05) is 0 Å². The Morgan fingerprint density at radius 2 is 0.386 bits per heavy atom. The average Bonchev–Trinajstić information content (AvgIpc) is 0.705. The normalized spacial score (nSPS) is 12.3. The zero-order valence-electron chi connectivity index (χ0n) is 54.7. The first-order valence-corrected chi connectivity index (χ1v) is 31.5. The van der Waals surface area contributed by atoms with Gasteiger partial charge in [-0.25, -0.2) is 0 Å². The number of hydrogen-bond acceptors (Lipinski definition) is 4. The van der Waals surface area contributed by atoms with Crippen LogP contribution < -0.4 is 19.6 Å². The Morgan fingerprint density at radius 3 is 0.557 bits per heavy atom. The van der Waals surface area contributed by atoms with E-state index in [1.54, 1.807) is 0 Å². The van der Waals surface area contributed by atoms with E-state index >= 15 is 0 Å². The number of rotatable bonds is 12. The molecule has 4 nitrogen and oxygen atoms in total. The third-order valence-electron chi connectivity index (χ3n) is 18.2. The molecule has 12 aromatic carbocycles. The molecule has 4 heteroatoms. The van der Waals surface area contributed by atoms with E-state index in [-0.39, 0.29) is 21.7 Å². The number of anilines is 12. The van der Waals surface area contributed by atoms with Gasteiger partial charge in [0.15, 0.2) is 0 Å². The van der Waals surface area contributed by atoms with E-state index in [1.165, 1.54) is 55.3 Å². The van der Waals surface area contributed by atoms with Crippen LogP contribution in [0.15, 0.2) is 231 Å². The van der Waals surface area contributed by atoms with Crippen LogP contribution in [0.25, 0.3) is 32.3 Å². The Morgan fingerprint density at radius 1 is 0.205 bits per heavy atom. The van der Waals surface area contributed by atoms with Crippen molar-refractivity contribution in [1.29, 1.82) is 0 Å². The van der Waals surface area contributed by atoms with Crippen LogP contribution in [0.3, 0.4) is 0 Å². The molecule has 0 aliphatic heterocycles. The van der Waals surface area contributed by atoms with Crippen molar-refractivity contribution in [2.45, 2.75) is 132 Å². The van der Waals surface area contributed by atoms with Crippen LogP contribution in [0.5, 0.6) is 0 Å².